The first-order valence-electron chi connectivity index (χ1n) is 27.4. The van der Waals surface area contributed by atoms with Crippen molar-refractivity contribution in [3.63, 3.8) is 0 Å². The summed E-state index contributed by atoms with van der Waals surface area (Å²) in [6, 6.07) is 22.9. The van der Waals surface area contributed by atoms with Gasteiger partial charge in [-0.2, -0.15) is 33.5 Å². The number of nitrogens with one attached hydrogen (secondary N) is 3. The lowest BCUT2D eigenvalue weighted by molar-refractivity contribution is -0.131. The molecule has 6 aromatic rings. The van der Waals surface area contributed by atoms with Gasteiger partial charge in [-0.05, 0) is 120 Å². The standard InChI is InChI=1S/C31H41N7O4S.C26H33N7O2S/c1-31(2,3)42-30(41)37-20-22(21-37)10-12-38-27(40)9-8-23-19-32-29(34-28(23)38)33-24-6-5-7-25(18-24)35-13-15-36(16-14-35)26(39)11-17-43-4;1-36-14-8-23(34)32-12-10-31(11-13-32)22-4-2-3-21(15-22)29-26-28-18-20-5-6-24(35)33(25(20)30-26)9-7-19-16-27-17-19/h5-9,18-19,22H,10-17,20-21H2,1-4H3,(H,32,33,34);2-6,15,18-19,27H,7-14,16-17H2,1H3,(H,28,29,30). The first kappa shape index (κ1) is 56.8. The number of fused-ring (bicyclic) bond motifs is 2. The number of carbonyl (C=O) groups is 3. The molecule has 4 fully saturated rings. The van der Waals surface area contributed by atoms with E-state index < -0.39 is 5.60 Å². The van der Waals surface area contributed by atoms with Crippen molar-refractivity contribution in [3.05, 3.63) is 106 Å². The van der Waals surface area contributed by atoms with Gasteiger partial charge in [0, 0.05) is 161 Å². The number of ether oxygens (including phenoxy) is 1. The molecule has 0 saturated carbocycles. The molecule has 4 saturated heterocycles. The average molecular weight is 1120 g/mol. The van der Waals surface area contributed by atoms with Crippen molar-refractivity contribution in [3.8, 4) is 0 Å². The van der Waals surface area contributed by atoms with Gasteiger partial charge in [-0.1, -0.05) is 12.1 Å². The number of amides is 3. The molecule has 4 aromatic heterocycles. The molecule has 20 nitrogen and oxygen atoms in total. The molecule has 420 valence electrons. The van der Waals surface area contributed by atoms with Crippen LogP contribution in [0.2, 0.25) is 0 Å². The lowest BCUT2D eigenvalue weighted by atomic mass is 9.97. The Balaban J connectivity index is 0.000000195. The predicted molar refractivity (Wildman–Crippen MR) is 318 cm³/mol. The molecule has 4 aliphatic heterocycles. The summed E-state index contributed by atoms with van der Waals surface area (Å²) in [5.74, 6) is 3.99. The van der Waals surface area contributed by atoms with Crippen LogP contribution in [-0.2, 0) is 27.4 Å². The molecule has 0 aliphatic carbocycles. The molecule has 4 aliphatic rings. The summed E-state index contributed by atoms with van der Waals surface area (Å²) < 4.78 is 8.90. The smallest absolute Gasteiger partial charge is 0.410 e. The second kappa shape index (κ2) is 26.4. The number of benzene rings is 2. The zero-order valence-electron chi connectivity index (χ0n) is 46.1. The first-order valence-corrected chi connectivity index (χ1v) is 30.2. The van der Waals surface area contributed by atoms with Crippen molar-refractivity contribution < 1.29 is 19.1 Å². The summed E-state index contributed by atoms with van der Waals surface area (Å²) in [4.78, 5) is 91.1. The van der Waals surface area contributed by atoms with Gasteiger partial charge in [0.15, 0.2) is 0 Å². The Morgan fingerprint density at radius 1 is 0.620 bits per heavy atom. The highest BCUT2D eigenvalue weighted by Gasteiger charge is 2.34. The van der Waals surface area contributed by atoms with E-state index in [0.717, 1.165) is 123 Å². The van der Waals surface area contributed by atoms with Crippen LogP contribution >= 0.6 is 23.5 Å². The van der Waals surface area contributed by atoms with Crippen molar-refractivity contribution in [1.82, 2.24) is 49.1 Å². The monoisotopic (exact) mass is 1110 g/mol. The first-order chi connectivity index (χ1) is 38.2. The van der Waals surface area contributed by atoms with Crippen LogP contribution in [0.1, 0.15) is 46.5 Å². The number of piperazine rings is 2. The summed E-state index contributed by atoms with van der Waals surface area (Å²) in [7, 11) is 0. The lowest BCUT2D eigenvalue weighted by Gasteiger charge is -2.39. The molecular weight excluding hydrogens is 1040 g/mol. The van der Waals surface area contributed by atoms with E-state index in [1.165, 1.54) is 0 Å². The maximum Gasteiger partial charge on any atom is 0.410 e. The van der Waals surface area contributed by atoms with Gasteiger partial charge in [0.2, 0.25) is 23.7 Å². The number of aryl methyl sites for hydroxylation is 2. The normalized spacial score (nSPS) is 16.0. The van der Waals surface area contributed by atoms with Gasteiger partial charge in [-0.15, -0.1) is 0 Å². The van der Waals surface area contributed by atoms with E-state index in [-0.39, 0.29) is 29.0 Å². The van der Waals surface area contributed by atoms with Crippen LogP contribution in [0.3, 0.4) is 0 Å². The Bertz CT molecular complexity index is 3200. The van der Waals surface area contributed by atoms with Crippen LogP contribution < -0.4 is 36.9 Å². The zero-order valence-corrected chi connectivity index (χ0v) is 47.7. The van der Waals surface area contributed by atoms with Crippen LogP contribution in [0, 0.1) is 11.8 Å². The molecule has 10 rings (SSSR count). The minimum absolute atomic E-state index is 0.0347. The van der Waals surface area contributed by atoms with E-state index in [0.29, 0.717) is 74.0 Å². The van der Waals surface area contributed by atoms with Crippen LogP contribution in [0.25, 0.3) is 22.1 Å². The fourth-order valence-corrected chi connectivity index (χ4v) is 10.8. The van der Waals surface area contributed by atoms with Crippen molar-refractivity contribution in [2.24, 2.45) is 11.8 Å². The highest BCUT2D eigenvalue weighted by molar-refractivity contribution is 7.98. The van der Waals surface area contributed by atoms with E-state index >= 15 is 0 Å². The van der Waals surface area contributed by atoms with E-state index in [9.17, 15) is 24.0 Å². The van der Waals surface area contributed by atoms with Gasteiger partial charge < -0.3 is 45.2 Å². The SMILES string of the molecule is CSCCC(=O)N1CCN(c2cccc(Nc3ncc4ccc(=O)n(CCC5CN(C(=O)OC(C)(C)C)C5)c4n3)c2)CC1.CSCCC(=O)N1CCN(c2cccc(Nc3ncc4ccc(=O)n(CCC5CNC5)c4n3)c2)CC1. The fraction of sp³-hybridized carbons (Fsp3) is 0.491. The second-order valence-electron chi connectivity index (χ2n) is 21.5. The molecule has 0 atom stereocenters. The molecule has 3 amide bonds. The average Bonchev–Trinajstić information content (AvgIpc) is 3.47. The molecule has 0 spiro atoms. The number of likely N-dealkylation sites (tertiary alicyclic amines) is 1. The topological polar surface area (TPSA) is 208 Å². The molecule has 0 unspecified atom stereocenters. The summed E-state index contributed by atoms with van der Waals surface area (Å²) in [6.07, 6.45) is 10.2. The van der Waals surface area contributed by atoms with Gasteiger partial charge in [0.25, 0.3) is 11.1 Å². The van der Waals surface area contributed by atoms with Gasteiger partial charge in [-0.3, -0.25) is 28.3 Å². The van der Waals surface area contributed by atoms with Crippen LogP contribution in [0.15, 0.2) is 94.8 Å². The summed E-state index contributed by atoms with van der Waals surface area (Å²) in [6.45, 7) is 16.1. The predicted octanol–water partition coefficient (Wildman–Crippen LogP) is 6.74. The molecule has 0 radical (unpaired) electrons. The number of thioether (sulfide) groups is 2. The zero-order chi connectivity index (χ0) is 55.5. The number of hydrogen-bond donors (Lipinski definition) is 3. The summed E-state index contributed by atoms with van der Waals surface area (Å²) in [5.41, 5.74) is 4.46. The largest absolute Gasteiger partial charge is 0.444 e. The van der Waals surface area contributed by atoms with E-state index in [1.54, 1.807) is 74.2 Å². The Labute approximate surface area is 470 Å². The van der Waals surface area contributed by atoms with Crippen LogP contribution in [-0.4, -0.2) is 170 Å². The van der Waals surface area contributed by atoms with E-state index in [1.807, 2.05) is 67.3 Å². The number of carbonyl (C=O) groups excluding carboxylic acids is 3. The van der Waals surface area contributed by atoms with Crippen LogP contribution in [0.4, 0.5) is 39.4 Å². The molecule has 2 aromatic carbocycles. The Hall–Kier alpha value is -6.91. The number of aromatic nitrogens is 6. The maximum absolute atomic E-state index is 12.9. The summed E-state index contributed by atoms with van der Waals surface area (Å²) in [5, 5.41) is 11.5. The minimum Gasteiger partial charge on any atom is -0.444 e. The highest BCUT2D eigenvalue weighted by atomic mass is 32.2. The van der Waals surface area contributed by atoms with E-state index in [2.05, 4.69) is 60.0 Å². The van der Waals surface area contributed by atoms with Gasteiger partial charge in [-0.25, -0.2) is 14.8 Å². The highest BCUT2D eigenvalue weighted by Crippen LogP contribution is 2.27. The third kappa shape index (κ3) is 15.1. The van der Waals surface area contributed by atoms with Crippen molar-refractivity contribution in [1.29, 1.82) is 0 Å². The number of nitrogens with zero attached hydrogens (tertiary/aromatic N) is 11. The third-order valence-corrected chi connectivity index (χ3v) is 15.9. The Kier molecular flexibility index (Phi) is 19.0. The molecule has 79 heavy (non-hydrogen) atoms. The molecule has 3 N–H and O–H groups in total. The second-order valence-corrected chi connectivity index (χ2v) is 23.5. The minimum atomic E-state index is -0.519. The van der Waals surface area contributed by atoms with Gasteiger partial charge in [0.05, 0.1) is 0 Å². The van der Waals surface area contributed by atoms with Crippen molar-refractivity contribution in [2.75, 3.05) is 123 Å². The Morgan fingerprint density at radius 3 is 1.49 bits per heavy atom. The van der Waals surface area contributed by atoms with Crippen molar-refractivity contribution >= 4 is 98.1 Å². The summed E-state index contributed by atoms with van der Waals surface area (Å²) >= 11 is 3.40. The maximum atomic E-state index is 12.9. The van der Waals surface area contributed by atoms with Gasteiger partial charge in [0.1, 0.15) is 16.9 Å². The Morgan fingerprint density at radius 2 is 1.08 bits per heavy atom. The van der Waals surface area contributed by atoms with Gasteiger partial charge >= 0.3 is 6.09 Å². The quantitative estimate of drug-likeness (QED) is 0.0814. The number of pyridine rings is 2. The number of rotatable bonds is 18. The molecular formula is C57H74N14O6S2. The number of hydrogen-bond acceptors (Lipinski definition) is 17. The van der Waals surface area contributed by atoms with Crippen LogP contribution in [0.5, 0.6) is 0 Å². The molecule has 22 heteroatoms. The van der Waals surface area contributed by atoms with Crippen molar-refractivity contribution in [2.45, 2.75) is 65.1 Å². The lowest BCUT2D eigenvalue weighted by Crippen LogP contribution is -2.51. The fourth-order valence-electron chi connectivity index (χ4n) is 10.0. The third-order valence-electron chi connectivity index (χ3n) is 14.7. The molecule has 0 bridgehead atoms. The number of anilines is 6. The molecule has 8 heterocycles. The van der Waals surface area contributed by atoms with E-state index in [4.69, 9.17) is 14.7 Å².